The SMILES string of the molecule is CC.CCC(CC)c1cccc2ccccc12. The third kappa shape index (κ3) is 3.09. The first-order valence-corrected chi connectivity index (χ1v) is 6.84. The third-order valence-electron chi connectivity index (χ3n) is 3.25. The molecule has 2 aromatic rings. The Bertz CT molecular complexity index is 433. The average Bonchev–Trinajstić information content (AvgIpc) is 2.43. The summed E-state index contributed by atoms with van der Waals surface area (Å²) >= 11 is 0. The van der Waals surface area contributed by atoms with Crippen molar-refractivity contribution < 1.29 is 0 Å². The summed E-state index contributed by atoms with van der Waals surface area (Å²) in [6, 6.07) is 15.3. The van der Waals surface area contributed by atoms with Crippen LogP contribution in [0, 0.1) is 0 Å². The van der Waals surface area contributed by atoms with Gasteiger partial charge in [-0.1, -0.05) is 70.2 Å². The van der Waals surface area contributed by atoms with Crippen LogP contribution in [0.2, 0.25) is 0 Å². The summed E-state index contributed by atoms with van der Waals surface area (Å²) in [5.74, 6) is 0.705. The molecule has 0 saturated carbocycles. The van der Waals surface area contributed by atoms with Crippen LogP contribution in [0.1, 0.15) is 52.0 Å². The molecule has 0 spiro atoms. The van der Waals surface area contributed by atoms with E-state index in [9.17, 15) is 0 Å². The first-order valence-electron chi connectivity index (χ1n) is 6.84. The van der Waals surface area contributed by atoms with Gasteiger partial charge in [0.15, 0.2) is 0 Å². The van der Waals surface area contributed by atoms with E-state index < -0.39 is 0 Å². The Balaban J connectivity index is 0.000000686. The zero-order valence-electron chi connectivity index (χ0n) is 11.5. The topological polar surface area (TPSA) is 0 Å². The second-order valence-electron chi connectivity index (χ2n) is 4.08. The molecule has 0 aliphatic carbocycles. The van der Waals surface area contributed by atoms with Crippen LogP contribution in [0.5, 0.6) is 0 Å². The van der Waals surface area contributed by atoms with Crippen LogP contribution in [-0.4, -0.2) is 0 Å². The van der Waals surface area contributed by atoms with Crippen LogP contribution in [-0.2, 0) is 0 Å². The molecule has 0 radical (unpaired) electrons. The van der Waals surface area contributed by atoms with Crippen LogP contribution >= 0.6 is 0 Å². The predicted octanol–water partition coefficient (Wildman–Crippen LogP) is 5.77. The van der Waals surface area contributed by atoms with Gasteiger partial charge in [-0.25, -0.2) is 0 Å². The quantitative estimate of drug-likeness (QED) is 0.625. The summed E-state index contributed by atoms with van der Waals surface area (Å²) in [5, 5.41) is 2.79. The Hall–Kier alpha value is -1.30. The lowest BCUT2D eigenvalue weighted by atomic mass is 9.90. The molecule has 17 heavy (non-hydrogen) atoms. The molecule has 0 heteroatoms. The summed E-state index contributed by atoms with van der Waals surface area (Å²) in [5.41, 5.74) is 1.51. The fourth-order valence-electron chi connectivity index (χ4n) is 2.33. The summed E-state index contributed by atoms with van der Waals surface area (Å²) in [4.78, 5) is 0. The lowest BCUT2D eigenvalue weighted by molar-refractivity contribution is 0.646. The van der Waals surface area contributed by atoms with Gasteiger partial charge in [0.1, 0.15) is 0 Å². The van der Waals surface area contributed by atoms with Gasteiger partial charge in [-0.05, 0) is 35.1 Å². The number of hydrogen-bond donors (Lipinski definition) is 0. The number of benzene rings is 2. The molecule has 0 heterocycles. The first-order chi connectivity index (χ1) is 8.36. The molecule has 0 unspecified atom stereocenters. The van der Waals surface area contributed by atoms with Gasteiger partial charge >= 0.3 is 0 Å². The van der Waals surface area contributed by atoms with Crippen molar-refractivity contribution in [2.75, 3.05) is 0 Å². The Labute approximate surface area is 106 Å². The van der Waals surface area contributed by atoms with E-state index in [1.807, 2.05) is 13.8 Å². The Morgan fingerprint density at radius 2 is 1.41 bits per heavy atom. The Kier molecular flexibility index (Phi) is 5.76. The van der Waals surface area contributed by atoms with Gasteiger partial charge < -0.3 is 0 Å². The van der Waals surface area contributed by atoms with Crippen molar-refractivity contribution in [1.29, 1.82) is 0 Å². The number of rotatable bonds is 3. The van der Waals surface area contributed by atoms with E-state index >= 15 is 0 Å². The zero-order valence-corrected chi connectivity index (χ0v) is 11.5. The molecule has 0 nitrogen and oxygen atoms in total. The van der Waals surface area contributed by atoms with E-state index in [2.05, 4.69) is 56.3 Å². The Morgan fingerprint density at radius 1 is 0.824 bits per heavy atom. The van der Waals surface area contributed by atoms with Gasteiger partial charge in [-0.2, -0.15) is 0 Å². The first kappa shape index (κ1) is 13.8. The molecule has 0 fully saturated rings. The van der Waals surface area contributed by atoms with Gasteiger partial charge in [0.25, 0.3) is 0 Å². The molecule has 0 aliphatic heterocycles. The summed E-state index contributed by atoms with van der Waals surface area (Å²) < 4.78 is 0. The number of fused-ring (bicyclic) bond motifs is 1. The average molecular weight is 228 g/mol. The maximum absolute atomic E-state index is 2.28. The highest BCUT2D eigenvalue weighted by Gasteiger charge is 2.09. The predicted molar refractivity (Wildman–Crippen MR) is 78.6 cm³/mol. The second-order valence-corrected chi connectivity index (χ2v) is 4.08. The monoisotopic (exact) mass is 228 g/mol. The van der Waals surface area contributed by atoms with Crippen LogP contribution in [0.4, 0.5) is 0 Å². The summed E-state index contributed by atoms with van der Waals surface area (Å²) in [7, 11) is 0. The summed E-state index contributed by atoms with van der Waals surface area (Å²) in [6.07, 6.45) is 2.45. The van der Waals surface area contributed by atoms with Crippen LogP contribution in [0.3, 0.4) is 0 Å². The lowest BCUT2D eigenvalue weighted by Crippen LogP contribution is -1.96. The van der Waals surface area contributed by atoms with Crippen molar-refractivity contribution in [2.45, 2.75) is 46.5 Å². The van der Waals surface area contributed by atoms with Crippen LogP contribution in [0.15, 0.2) is 42.5 Å². The third-order valence-corrected chi connectivity index (χ3v) is 3.25. The molecule has 2 aromatic carbocycles. The molecular weight excluding hydrogens is 204 g/mol. The standard InChI is InChI=1S/C15H18.C2H6/c1-3-12(4-2)14-11-7-9-13-8-5-6-10-15(13)14;1-2/h5-12H,3-4H2,1-2H3;1-2H3. The molecule has 0 amide bonds. The second kappa shape index (κ2) is 7.11. The van der Waals surface area contributed by atoms with Gasteiger partial charge in [-0.15, -0.1) is 0 Å². The van der Waals surface area contributed by atoms with E-state index in [0.717, 1.165) is 0 Å². The lowest BCUT2D eigenvalue weighted by Gasteiger charge is -2.15. The molecule has 0 aliphatic rings. The maximum atomic E-state index is 2.28. The van der Waals surface area contributed by atoms with E-state index in [4.69, 9.17) is 0 Å². The molecule has 2 rings (SSSR count). The summed E-state index contributed by atoms with van der Waals surface area (Å²) in [6.45, 7) is 8.55. The smallest absolute Gasteiger partial charge is 0.0149 e. The minimum atomic E-state index is 0.705. The van der Waals surface area contributed by atoms with Crippen molar-refractivity contribution >= 4 is 10.8 Å². The van der Waals surface area contributed by atoms with Gasteiger partial charge in [0, 0.05) is 0 Å². The minimum absolute atomic E-state index is 0.705. The fourth-order valence-corrected chi connectivity index (χ4v) is 2.33. The number of hydrogen-bond acceptors (Lipinski definition) is 0. The highest BCUT2D eigenvalue weighted by Crippen LogP contribution is 2.29. The largest absolute Gasteiger partial charge is 0.0683 e. The zero-order chi connectivity index (χ0) is 12.7. The molecule has 92 valence electrons. The molecule has 0 aromatic heterocycles. The normalized spacial score (nSPS) is 10.2. The Morgan fingerprint density at radius 3 is 2.06 bits per heavy atom. The minimum Gasteiger partial charge on any atom is -0.0683 e. The molecule has 0 bridgehead atoms. The van der Waals surface area contributed by atoms with Crippen molar-refractivity contribution in [2.24, 2.45) is 0 Å². The van der Waals surface area contributed by atoms with E-state index in [1.54, 1.807) is 0 Å². The van der Waals surface area contributed by atoms with Crippen molar-refractivity contribution in [3.05, 3.63) is 48.0 Å². The highest BCUT2D eigenvalue weighted by molar-refractivity contribution is 5.86. The van der Waals surface area contributed by atoms with E-state index in [-0.39, 0.29) is 0 Å². The van der Waals surface area contributed by atoms with E-state index in [1.165, 1.54) is 29.2 Å². The van der Waals surface area contributed by atoms with Crippen molar-refractivity contribution in [3.63, 3.8) is 0 Å². The van der Waals surface area contributed by atoms with Crippen molar-refractivity contribution in [1.82, 2.24) is 0 Å². The van der Waals surface area contributed by atoms with Crippen LogP contribution in [0.25, 0.3) is 10.8 Å². The highest BCUT2D eigenvalue weighted by atomic mass is 14.1. The molecule has 0 atom stereocenters. The molecule has 0 saturated heterocycles. The van der Waals surface area contributed by atoms with E-state index in [0.29, 0.717) is 5.92 Å². The van der Waals surface area contributed by atoms with Crippen molar-refractivity contribution in [3.8, 4) is 0 Å². The van der Waals surface area contributed by atoms with Gasteiger partial charge in [-0.3, -0.25) is 0 Å². The fraction of sp³-hybridized carbons (Fsp3) is 0.412. The van der Waals surface area contributed by atoms with Gasteiger partial charge in [0.05, 0.1) is 0 Å². The van der Waals surface area contributed by atoms with Gasteiger partial charge in [0.2, 0.25) is 0 Å². The maximum Gasteiger partial charge on any atom is -0.0149 e. The van der Waals surface area contributed by atoms with Crippen LogP contribution < -0.4 is 0 Å². The molecule has 0 N–H and O–H groups in total. The molecular formula is C17H24.